The number of hydrogen-bond acceptors (Lipinski definition) is 9. The third kappa shape index (κ3) is 4.82. The molecule has 0 saturated carbocycles. The van der Waals surface area contributed by atoms with Gasteiger partial charge in [0, 0.05) is 25.1 Å². The molecule has 1 aromatic carbocycles. The first-order valence-electron chi connectivity index (χ1n) is 12.2. The number of ether oxygens (including phenoxy) is 4. The Morgan fingerprint density at radius 1 is 1.29 bits per heavy atom. The largest absolute Gasteiger partial charge is 0.483 e. The van der Waals surface area contributed by atoms with E-state index in [1.54, 1.807) is 40.1 Å². The van der Waals surface area contributed by atoms with Gasteiger partial charge in [-0.3, -0.25) is 9.52 Å². The van der Waals surface area contributed by atoms with Crippen LogP contribution in [0.3, 0.4) is 0 Å². The van der Waals surface area contributed by atoms with E-state index >= 15 is 0 Å². The molecule has 11 nitrogen and oxygen atoms in total. The van der Waals surface area contributed by atoms with Crippen molar-refractivity contribution >= 4 is 38.0 Å². The molecule has 2 saturated heterocycles. The minimum Gasteiger partial charge on any atom is -0.483 e. The molecule has 38 heavy (non-hydrogen) atoms. The van der Waals surface area contributed by atoms with E-state index in [2.05, 4.69) is 20.1 Å². The Morgan fingerprint density at radius 3 is 2.74 bits per heavy atom. The number of nitrogens with one attached hydrogen (secondary N) is 2. The van der Waals surface area contributed by atoms with Crippen molar-refractivity contribution in [2.24, 2.45) is 0 Å². The van der Waals surface area contributed by atoms with Crippen LogP contribution in [0.2, 0.25) is 0 Å². The van der Waals surface area contributed by atoms with Crippen LogP contribution in [0.15, 0.2) is 30.7 Å². The number of halogens is 1. The van der Waals surface area contributed by atoms with Crippen molar-refractivity contribution < 1.29 is 32.3 Å². The monoisotopic (exact) mass is 547 g/mol. The second kappa shape index (κ2) is 10.5. The molecule has 0 spiro atoms. The van der Waals surface area contributed by atoms with Gasteiger partial charge in [-0.1, -0.05) is 6.92 Å². The Labute approximate surface area is 219 Å². The Balaban J connectivity index is 1.44. The van der Waals surface area contributed by atoms with Crippen LogP contribution in [0.25, 0.3) is 5.52 Å². The molecule has 3 aromatic rings. The standard InChI is InChI=1S/C25H30FN5O6S/c1-5-38(33,6-2)30-25(32)16-10-31-21(14(16)3)24(27-13-28-31)29-17-8-7-15(26)9-18(17)37-20-12-36-22-19(34-4)11-35-23(20)22/h5,7-10,13,19-20,22-23H,6,11-12H2,1-4H3,(H,27,28,29)(H,30,32,33). The van der Waals surface area contributed by atoms with Crippen molar-refractivity contribution in [2.75, 3.05) is 31.4 Å². The molecular weight excluding hydrogens is 517 g/mol. The van der Waals surface area contributed by atoms with E-state index in [1.165, 1.54) is 28.3 Å². The smallest absolute Gasteiger partial charge is 0.264 e. The fourth-order valence-electron chi connectivity index (χ4n) is 4.71. The average Bonchev–Trinajstić information content (AvgIpc) is 3.60. The van der Waals surface area contributed by atoms with Gasteiger partial charge < -0.3 is 24.3 Å². The van der Waals surface area contributed by atoms with Crippen LogP contribution in [0.1, 0.15) is 29.8 Å². The summed E-state index contributed by atoms with van der Waals surface area (Å²) in [6, 6.07) is 4.13. The summed E-state index contributed by atoms with van der Waals surface area (Å²) in [6.07, 6.45) is 1.66. The maximum absolute atomic E-state index is 14.3. The van der Waals surface area contributed by atoms with Gasteiger partial charge in [-0.05, 0) is 36.9 Å². The van der Waals surface area contributed by atoms with Crippen molar-refractivity contribution in [3.05, 3.63) is 47.7 Å². The van der Waals surface area contributed by atoms with Crippen LogP contribution < -0.4 is 14.8 Å². The van der Waals surface area contributed by atoms with Crippen molar-refractivity contribution in [3.8, 4) is 5.75 Å². The number of hydrogen-bond donors (Lipinski definition) is 2. The van der Waals surface area contributed by atoms with E-state index in [0.717, 1.165) is 0 Å². The molecule has 0 bridgehead atoms. The summed E-state index contributed by atoms with van der Waals surface area (Å²) >= 11 is 0. The maximum atomic E-state index is 14.3. The lowest BCUT2D eigenvalue weighted by Gasteiger charge is -2.20. The third-order valence-corrected chi connectivity index (χ3v) is 9.04. The highest BCUT2D eigenvalue weighted by atomic mass is 32.2. The molecule has 1 amide bonds. The third-order valence-electron chi connectivity index (χ3n) is 6.89. The summed E-state index contributed by atoms with van der Waals surface area (Å²) in [5, 5.41) is 8.92. The topological polar surface area (TPSA) is 125 Å². The molecule has 5 rings (SSSR count). The number of methoxy groups -OCH3 is 1. The Kier molecular flexibility index (Phi) is 7.27. The molecule has 5 atom stereocenters. The molecule has 4 heterocycles. The number of carbonyl (C=O) groups excluding carboxylic acids is 1. The molecule has 13 heteroatoms. The molecule has 0 radical (unpaired) electrons. The minimum atomic E-state index is -2.62. The quantitative estimate of drug-likeness (QED) is 0.409. The summed E-state index contributed by atoms with van der Waals surface area (Å²) < 4.78 is 54.4. The highest BCUT2D eigenvalue weighted by Gasteiger charge is 2.49. The molecule has 0 aliphatic carbocycles. The van der Waals surface area contributed by atoms with Crippen LogP contribution in [-0.4, -0.2) is 80.6 Å². The summed E-state index contributed by atoms with van der Waals surface area (Å²) in [5.74, 6) is -0.0310. The highest BCUT2D eigenvalue weighted by Crippen LogP contribution is 2.36. The van der Waals surface area contributed by atoms with Gasteiger partial charge in [0.25, 0.3) is 5.91 Å². The van der Waals surface area contributed by atoms with Gasteiger partial charge in [-0.2, -0.15) is 5.10 Å². The number of aryl methyl sites for hydroxylation is 1. The Hall–Kier alpha value is -3.26. The lowest BCUT2D eigenvalue weighted by atomic mass is 10.1. The predicted molar refractivity (Wildman–Crippen MR) is 140 cm³/mol. The van der Waals surface area contributed by atoms with Gasteiger partial charge in [0.2, 0.25) is 0 Å². The Morgan fingerprint density at radius 2 is 2.03 bits per heavy atom. The fraction of sp³-hybridized carbons (Fsp3) is 0.440. The number of amides is 1. The van der Waals surface area contributed by atoms with Gasteiger partial charge in [0.1, 0.15) is 41.7 Å². The zero-order valence-electron chi connectivity index (χ0n) is 21.5. The van der Waals surface area contributed by atoms with Crippen molar-refractivity contribution in [1.82, 2.24) is 19.3 Å². The molecule has 2 aliphatic heterocycles. The van der Waals surface area contributed by atoms with Crippen LogP contribution in [0, 0.1) is 12.7 Å². The van der Waals surface area contributed by atoms with Gasteiger partial charge >= 0.3 is 0 Å². The SMILES string of the molecule is CC=S(=O)(CC)NC(=O)c1cn2ncnc(Nc3ccc(F)cc3OC3COC4C(OC)COC34)c2c1C. The molecular formula is C25H30FN5O6S. The first-order chi connectivity index (χ1) is 18.3. The highest BCUT2D eigenvalue weighted by molar-refractivity contribution is 7.99. The van der Waals surface area contributed by atoms with E-state index < -0.39 is 27.5 Å². The minimum absolute atomic E-state index is 0.183. The fourth-order valence-corrected chi connectivity index (χ4v) is 5.73. The summed E-state index contributed by atoms with van der Waals surface area (Å²) in [5.41, 5.74) is 1.88. The molecule has 2 fully saturated rings. The molecule has 2 aromatic heterocycles. The number of rotatable bonds is 8. The Bertz CT molecular complexity index is 1490. The lowest BCUT2D eigenvalue weighted by molar-refractivity contribution is -0.0138. The normalized spacial score (nSPS) is 24.1. The van der Waals surface area contributed by atoms with E-state index in [1.807, 2.05) is 0 Å². The number of fused-ring (bicyclic) bond motifs is 2. The van der Waals surface area contributed by atoms with E-state index in [-0.39, 0.29) is 36.4 Å². The maximum Gasteiger partial charge on any atom is 0.264 e. The second-order valence-electron chi connectivity index (χ2n) is 9.04. The number of carbonyl (C=O) groups is 1. The van der Waals surface area contributed by atoms with Crippen LogP contribution in [-0.2, 0) is 23.9 Å². The first kappa shape index (κ1) is 26.4. The van der Waals surface area contributed by atoms with Gasteiger partial charge in [-0.25, -0.2) is 18.1 Å². The van der Waals surface area contributed by atoms with Crippen molar-refractivity contribution in [3.63, 3.8) is 0 Å². The summed E-state index contributed by atoms with van der Waals surface area (Å²) in [7, 11) is -1.02. The molecule has 204 valence electrons. The van der Waals surface area contributed by atoms with Gasteiger partial charge in [-0.15, -0.1) is 0 Å². The number of benzene rings is 1. The van der Waals surface area contributed by atoms with Gasteiger partial charge in [0.15, 0.2) is 11.9 Å². The predicted octanol–water partition coefficient (Wildman–Crippen LogP) is 2.25. The van der Waals surface area contributed by atoms with E-state index in [0.29, 0.717) is 34.8 Å². The van der Waals surface area contributed by atoms with E-state index in [4.69, 9.17) is 18.9 Å². The number of anilines is 2. The number of aromatic nitrogens is 3. The van der Waals surface area contributed by atoms with Crippen molar-refractivity contribution in [1.29, 1.82) is 0 Å². The van der Waals surface area contributed by atoms with Crippen LogP contribution >= 0.6 is 0 Å². The van der Waals surface area contributed by atoms with Gasteiger partial charge in [0.05, 0.1) is 34.2 Å². The van der Waals surface area contributed by atoms with Crippen molar-refractivity contribution in [2.45, 2.75) is 45.2 Å². The second-order valence-corrected chi connectivity index (χ2v) is 11.7. The number of nitrogens with zero attached hydrogens (tertiary/aromatic N) is 3. The first-order valence-corrected chi connectivity index (χ1v) is 14.0. The van der Waals surface area contributed by atoms with E-state index in [9.17, 15) is 13.4 Å². The zero-order valence-corrected chi connectivity index (χ0v) is 22.3. The average molecular weight is 548 g/mol. The zero-order chi connectivity index (χ0) is 27.0. The van der Waals surface area contributed by atoms with Crippen LogP contribution in [0.4, 0.5) is 15.9 Å². The summed E-state index contributed by atoms with van der Waals surface area (Å²) in [4.78, 5) is 17.3. The summed E-state index contributed by atoms with van der Waals surface area (Å²) in [6.45, 7) is 5.82. The lowest BCUT2D eigenvalue weighted by Crippen LogP contribution is -2.35. The molecule has 2 aliphatic rings. The van der Waals surface area contributed by atoms with Crippen LogP contribution in [0.5, 0.6) is 5.75 Å². The molecule has 5 unspecified atom stereocenters. The molecule has 2 N–H and O–H groups in total.